The Bertz CT molecular complexity index is 195. The van der Waals surface area contributed by atoms with Gasteiger partial charge in [-0.3, -0.25) is 0 Å². The van der Waals surface area contributed by atoms with Gasteiger partial charge in [-0.25, -0.2) is 4.79 Å². The number of carbonyl (C=O) groups is 1. The highest BCUT2D eigenvalue weighted by molar-refractivity contribution is 5.69. The lowest BCUT2D eigenvalue weighted by Gasteiger charge is -2.38. The molecule has 1 saturated heterocycles. The predicted octanol–water partition coefficient (Wildman–Crippen LogP) is 2.26. The largest absolute Gasteiger partial charge is 0.443 e. The van der Waals surface area contributed by atoms with Crippen LogP contribution in [0.2, 0.25) is 0 Å². The summed E-state index contributed by atoms with van der Waals surface area (Å²) in [6.45, 7) is 9.72. The summed E-state index contributed by atoms with van der Waals surface area (Å²) in [6, 6.07) is 0. The molecule has 1 aliphatic heterocycles. The van der Waals surface area contributed by atoms with Gasteiger partial charge in [-0.15, -0.1) is 0 Å². The molecule has 1 amide bonds. The summed E-state index contributed by atoms with van der Waals surface area (Å²) >= 11 is 0. The first kappa shape index (κ1) is 10.4. The summed E-state index contributed by atoms with van der Waals surface area (Å²) in [7, 11) is 0. The van der Waals surface area contributed by atoms with Crippen molar-refractivity contribution in [3.63, 3.8) is 0 Å². The molecule has 1 fully saturated rings. The van der Waals surface area contributed by atoms with E-state index in [4.69, 9.17) is 4.74 Å². The zero-order chi connectivity index (χ0) is 10.1. The predicted molar refractivity (Wildman–Crippen MR) is 51.6 cm³/mol. The van der Waals surface area contributed by atoms with Gasteiger partial charge < -0.3 is 9.64 Å². The lowest BCUT2D eigenvalue weighted by atomic mass is 10.0. The third-order valence-electron chi connectivity index (χ3n) is 2.54. The fraction of sp³-hybridized carbons (Fsp3) is 0.900. The van der Waals surface area contributed by atoms with Crippen molar-refractivity contribution in [2.75, 3.05) is 13.1 Å². The average molecular weight is 185 g/mol. The van der Waals surface area contributed by atoms with E-state index in [0.29, 0.717) is 5.92 Å². The molecule has 0 spiro atoms. The first-order chi connectivity index (χ1) is 5.94. The van der Waals surface area contributed by atoms with Crippen LogP contribution in [0.3, 0.4) is 0 Å². The number of carbonyl (C=O) groups excluding carboxylic acids is 1. The van der Waals surface area contributed by atoms with Crippen LogP contribution in [0.25, 0.3) is 0 Å². The molecule has 1 aliphatic rings. The minimum absolute atomic E-state index is 0.162. The van der Waals surface area contributed by atoms with Gasteiger partial charge in [0.2, 0.25) is 0 Å². The van der Waals surface area contributed by atoms with E-state index in [1.54, 1.807) is 4.90 Å². The molecule has 0 aromatic heterocycles. The van der Waals surface area contributed by atoms with Crippen LogP contribution in [-0.2, 0) is 4.74 Å². The van der Waals surface area contributed by atoms with Crippen molar-refractivity contribution >= 4 is 6.09 Å². The van der Waals surface area contributed by atoms with Gasteiger partial charge in [-0.05, 0) is 26.2 Å². The second kappa shape index (κ2) is 3.56. The first-order valence-electron chi connectivity index (χ1n) is 4.92. The van der Waals surface area contributed by atoms with E-state index in [-0.39, 0.29) is 11.7 Å². The van der Waals surface area contributed by atoms with Crippen molar-refractivity contribution in [1.29, 1.82) is 0 Å². The number of hydrogen-bond acceptors (Lipinski definition) is 2. The smallest absolute Gasteiger partial charge is 0.410 e. The van der Waals surface area contributed by atoms with E-state index in [0.717, 1.165) is 19.5 Å². The number of ether oxygens (including phenoxy) is 1. The molecular formula is C10H19NO2. The molecule has 0 radical (unpaired) electrons. The lowest BCUT2D eigenvalue weighted by molar-refractivity contribution is -0.00918. The number of nitrogens with zero attached hydrogens (tertiary/aromatic N) is 1. The zero-order valence-electron chi connectivity index (χ0n) is 8.96. The Hall–Kier alpha value is -0.730. The van der Waals surface area contributed by atoms with Crippen LogP contribution in [0.15, 0.2) is 0 Å². The molecule has 0 unspecified atom stereocenters. The van der Waals surface area contributed by atoms with E-state index >= 15 is 0 Å². The summed E-state index contributed by atoms with van der Waals surface area (Å²) in [5.41, 5.74) is -0.324. The summed E-state index contributed by atoms with van der Waals surface area (Å²) in [5.74, 6) is 0.636. The number of amides is 1. The number of rotatable bonds is 2. The Morgan fingerprint density at radius 3 is 2.46 bits per heavy atom. The third kappa shape index (κ3) is 2.61. The number of likely N-dealkylation sites (tertiary alicyclic amines) is 1. The molecule has 3 heteroatoms. The molecule has 1 rings (SSSR count). The molecule has 0 aromatic rings. The Kier molecular flexibility index (Phi) is 2.84. The monoisotopic (exact) mass is 185 g/mol. The van der Waals surface area contributed by atoms with Crippen LogP contribution >= 0.6 is 0 Å². The molecule has 0 aliphatic carbocycles. The van der Waals surface area contributed by atoms with Crippen LogP contribution < -0.4 is 0 Å². The van der Waals surface area contributed by atoms with Gasteiger partial charge >= 0.3 is 6.09 Å². The highest BCUT2D eigenvalue weighted by Crippen LogP contribution is 2.20. The van der Waals surface area contributed by atoms with Gasteiger partial charge in [0.15, 0.2) is 0 Å². The zero-order valence-corrected chi connectivity index (χ0v) is 8.96. The Morgan fingerprint density at radius 1 is 1.54 bits per heavy atom. The molecule has 0 N–H and O–H groups in total. The van der Waals surface area contributed by atoms with Crippen molar-refractivity contribution in [2.45, 2.75) is 39.7 Å². The van der Waals surface area contributed by atoms with E-state index in [1.165, 1.54) is 0 Å². The molecule has 0 bridgehead atoms. The van der Waals surface area contributed by atoms with Crippen LogP contribution in [0, 0.1) is 5.92 Å². The fourth-order valence-corrected chi connectivity index (χ4v) is 1.22. The van der Waals surface area contributed by atoms with E-state index < -0.39 is 0 Å². The van der Waals surface area contributed by atoms with Gasteiger partial charge in [0.1, 0.15) is 5.60 Å². The first-order valence-corrected chi connectivity index (χ1v) is 4.92. The second-order valence-corrected chi connectivity index (χ2v) is 4.49. The highest BCUT2D eigenvalue weighted by atomic mass is 16.6. The molecule has 0 aromatic carbocycles. The van der Waals surface area contributed by atoms with E-state index in [2.05, 4.69) is 6.92 Å². The van der Waals surface area contributed by atoms with Crippen molar-refractivity contribution < 1.29 is 9.53 Å². The molecule has 1 heterocycles. The van der Waals surface area contributed by atoms with Gasteiger partial charge in [0.25, 0.3) is 0 Å². The molecule has 13 heavy (non-hydrogen) atoms. The molecule has 0 atom stereocenters. The molecular weight excluding hydrogens is 166 g/mol. The van der Waals surface area contributed by atoms with Crippen molar-refractivity contribution in [3.05, 3.63) is 0 Å². The van der Waals surface area contributed by atoms with Crippen molar-refractivity contribution in [1.82, 2.24) is 4.90 Å². The number of hydrogen-bond donors (Lipinski definition) is 0. The third-order valence-corrected chi connectivity index (χ3v) is 2.54. The minimum Gasteiger partial charge on any atom is -0.443 e. The molecule has 0 saturated carbocycles. The lowest BCUT2D eigenvalue weighted by Crippen LogP contribution is -2.50. The van der Waals surface area contributed by atoms with Crippen LogP contribution in [0.5, 0.6) is 0 Å². The second-order valence-electron chi connectivity index (χ2n) is 4.49. The van der Waals surface area contributed by atoms with Gasteiger partial charge in [-0.2, -0.15) is 0 Å². The summed E-state index contributed by atoms with van der Waals surface area (Å²) in [4.78, 5) is 13.2. The van der Waals surface area contributed by atoms with Gasteiger partial charge in [0.05, 0.1) is 0 Å². The van der Waals surface area contributed by atoms with Gasteiger partial charge in [0, 0.05) is 13.1 Å². The standard InChI is InChI=1S/C10H19NO2/c1-5-10(3,4)13-9(12)11-6-8(2)7-11/h8H,5-7H2,1-4H3. The topological polar surface area (TPSA) is 29.5 Å². The van der Waals surface area contributed by atoms with Crippen molar-refractivity contribution in [2.24, 2.45) is 5.92 Å². The Morgan fingerprint density at radius 2 is 2.08 bits per heavy atom. The maximum Gasteiger partial charge on any atom is 0.410 e. The van der Waals surface area contributed by atoms with E-state index in [1.807, 2.05) is 20.8 Å². The summed E-state index contributed by atoms with van der Waals surface area (Å²) in [5, 5.41) is 0. The quantitative estimate of drug-likeness (QED) is 0.660. The maximum atomic E-state index is 11.4. The molecule has 3 nitrogen and oxygen atoms in total. The summed E-state index contributed by atoms with van der Waals surface area (Å²) in [6.07, 6.45) is 0.687. The Balaban J connectivity index is 2.33. The van der Waals surface area contributed by atoms with Crippen LogP contribution in [-0.4, -0.2) is 29.7 Å². The highest BCUT2D eigenvalue weighted by Gasteiger charge is 2.31. The SMILES string of the molecule is CCC(C)(C)OC(=O)N1CC(C)C1. The van der Waals surface area contributed by atoms with E-state index in [9.17, 15) is 4.79 Å². The van der Waals surface area contributed by atoms with Crippen LogP contribution in [0.4, 0.5) is 4.79 Å². The fourth-order valence-electron chi connectivity index (χ4n) is 1.22. The van der Waals surface area contributed by atoms with Gasteiger partial charge in [-0.1, -0.05) is 13.8 Å². The maximum absolute atomic E-state index is 11.4. The Labute approximate surface area is 80.1 Å². The normalized spacial score (nSPS) is 18.3. The van der Waals surface area contributed by atoms with Crippen LogP contribution in [0.1, 0.15) is 34.1 Å². The van der Waals surface area contributed by atoms with Crippen molar-refractivity contribution in [3.8, 4) is 0 Å². The minimum atomic E-state index is -0.324. The average Bonchev–Trinajstić information content (AvgIpc) is 1.98. The molecule has 76 valence electrons. The summed E-state index contributed by atoms with van der Waals surface area (Å²) < 4.78 is 5.33.